The van der Waals surface area contributed by atoms with E-state index in [0.29, 0.717) is 5.95 Å². The fraction of sp³-hybridized carbons (Fsp3) is 0.375. The number of hydrogen-bond donors (Lipinski definition) is 1. The van der Waals surface area contributed by atoms with E-state index in [1.807, 2.05) is 49.3 Å². The fourth-order valence-corrected chi connectivity index (χ4v) is 2.04. The van der Waals surface area contributed by atoms with E-state index in [0.717, 1.165) is 35.8 Å². The minimum Gasteiger partial charge on any atom is -0.497 e. The Morgan fingerprint density at radius 1 is 1.33 bits per heavy atom. The Morgan fingerprint density at radius 2 is 2.14 bits per heavy atom. The second-order valence-corrected chi connectivity index (χ2v) is 4.89. The fourth-order valence-electron chi connectivity index (χ4n) is 2.04. The second kappa shape index (κ2) is 6.92. The molecule has 0 radical (unpaired) electrons. The molecule has 0 atom stereocenters. The van der Waals surface area contributed by atoms with Crippen LogP contribution in [0.1, 0.15) is 18.9 Å². The Kier molecular flexibility index (Phi) is 4.98. The van der Waals surface area contributed by atoms with Crippen LogP contribution in [0.2, 0.25) is 0 Å². The van der Waals surface area contributed by atoms with Crippen molar-refractivity contribution < 1.29 is 4.74 Å². The van der Waals surface area contributed by atoms with E-state index >= 15 is 0 Å². The van der Waals surface area contributed by atoms with Crippen molar-refractivity contribution in [1.82, 2.24) is 9.97 Å². The van der Waals surface area contributed by atoms with E-state index in [9.17, 15) is 0 Å². The van der Waals surface area contributed by atoms with Gasteiger partial charge in [-0.05, 0) is 25.5 Å². The average molecular weight is 286 g/mol. The van der Waals surface area contributed by atoms with Gasteiger partial charge in [-0.25, -0.2) is 4.98 Å². The molecule has 112 valence electrons. The molecule has 5 nitrogen and oxygen atoms in total. The van der Waals surface area contributed by atoms with Gasteiger partial charge in [0, 0.05) is 37.1 Å². The molecule has 0 aliphatic carbocycles. The SMILES string of the molecule is CCCNc1ncc(C)c(N(C)c2cccc(OC)c2)n1. The van der Waals surface area contributed by atoms with Crippen LogP contribution in [-0.4, -0.2) is 30.7 Å². The number of rotatable bonds is 6. The van der Waals surface area contributed by atoms with Crippen LogP contribution in [0.3, 0.4) is 0 Å². The lowest BCUT2D eigenvalue weighted by atomic mass is 10.2. The lowest BCUT2D eigenvalue weighted by molar-refractivity contribution is 0.415. The number of aryl methyl sites for hydroxylation is 1. The number of aromatic nitrogens is 2. The summed E-state index contributed by atoms with van der Waals surface area (Å²) in [5.74, 6) is 2.37. The van der Waals surface area contributed by atoms with E-state index in [2.05, 4.69) is 22.2 Å². The molecule has 1 N–H and O–H groups in total. The predicted octanol–water partition coefficient (Wildman–Crippen LogP) is 3.38. The smallest absolute Gasteiger partial charge is 0.224 e. The van der Waals surface area contributed by atoms with Crippen molar-refractivity contribution in [1.29, 1.82) is 0 Å². The zero-order valence-corrected chi connectivity index (χ0v) is 13.1. The molecule has 0 spiro atoms. The molecule has 5 heteroatoms. The molecule has 0 aliphatic heterocycles. The molecular formula is C16H22N4O. The maximum absolute atomic E-state index is 5.28. The first-order valence-corrected chi connectivity index (χ1v) is 7.11. The van der Waals surface area contributed by atoms with Crippen molar-refractivity contribution in [2.45, 2.75) is 20.3 Å². The summed E-state index contributed by atoms with van der Waals surface area (Å²) >= 11 is 0. The maximum atomic E-state index is 5.28. The Bertz CT molecular complexity index is 601. The Morgan fingerprint density at radius 3 is 2.86 bits per heavy atom. The highest BCUT2D eigenvalue weighted by Gasteiger charge is 2.11. The summed E-state index contributed by atoms with van der Waals surface area (Å²) in [6.07, 6.45) is 2.88. The molecule has 1 heterocycles. The van der Waals surface area contributed by atoms with Crippen LogP contribution in [0.5, 0.6) is 5.75 Å². The van der Waals surface area contributed by atoms with Gasteiger partial charge in [-0.2, -0.15) is 4.98 Å². The largest absolute Gasteiger partial charge is 0.497 e. The van der Waals surface area contributed by atoms with Crippen LogP contribution < -0.4 is 15.0 Å². The molecule has 1 aromatic carbocycles. The molecule has 1 aromatic heterocycles. The van der Waals surface area contributed by atoms with Gasteiger partial charge in [-0.15, -0.1) is 0 Å². The third-order valence-corrected chi connectivity index (χ3v) is 3.24. The molecule has 2 aromatic rings. The summed E-state index contributed by atoms with van der Waals surface area (Å²) < 4.78 is 5.28. The minimum atomic E-state index is 0.659. The normalized spacial score (nSPS) is 10.3. The van der Waals surface area contributed by atoms with Crippen LogP contribution in [0.25, 0.3) is 0 Å². The van der Waals surface area contributed by atoms with E-state index in [1.54, 1.807) is 7.11 Å². The summed E-state index contributed by atoms with van der Waals surface area (Å²) in [6.45, 7) is 4.99. The van der Waals surface area contributed by atoms with E-state index in [1.165, 1.54) is 0 Å². The van der Waals surface area contributed by atoms with Crippen LogP contribution in [0.4, 0.5) is 17.5 Å². The first-order chi connectivity index (χ1) is 10.2. The average Bonchev–Trinajstić information content (AvgIpc) is 2.53. The van der Waals surface area contributed by atoms with Crippen molar-refractivity contribution in [3.63, 3.8) is 0 Å². The molecule has 0 bridgehead atoms. The monoisotopic (exact) mass is 286 g/mol. The number of ether oxygens (including phenoxy) is 1. The molecule has 0 saturated heterocycles. The van der Waals surface area contributed by atoms with Gasteiger partial charge in [0.25, 0.3) is 0 Å². The highest BCUT2D eigenvalue weighted by Crippen LogP contribution is 2.27. The number of nitrogens with one attached hydrogen (secondary N) is 1. The molecule has 0 saturated carbocycles. The second-order valence-electron chi connectivity index (χ2n) is 4.89. The molecule has 21 heavy (non-hydrogen) atoms. The minimum absolute atomic E-state index is 0.659. The molecule has 2 rings (SSSR count). The molecule has 0 aliphatic rings. The van der Waals surface area contributed by atoms with Gasteiger partial charge in [0.05, 0.1) is 7.11 Å². The summed E-state index contributed by atoms with van der Waals surface area (Å²) in [5, 5.41) is 3.22. The van der Waals surface area contributed by atoms with E-state index < -0.39 is 0 Å². The van der Waals surface area contributed by atoms with Crippen LogP contribution in [0, 0.1) is 6.92 Å². The summed E-state index contributed by atoms with van der Waals surface area (Å²) in [7, 11) is 3.66. The Hall–Kier alpha value is -2.30. The Balaban J connectivity index is 2.30. The highest BCUT2D eigenvalue weighted by molar-refractivity contribution is 5.64. The summed E-state index contributed by atoms with van der Waals surface area (Å²) in [5.41, 5.74) is 2.06. The first-order valence-electron chi connectivity index (χ1n) is 7.11. The van der Waals surface area contributed by atoms with Crippen LogP contribution in [-0.2, 0) is 0 Å². The summed E-state index contributed by atoms with van der Waals surface area (Å²) in [4.78, 5) is 11.0. The number of methoxy groups -OCH3 is 1. The molecule has 0 fully saturated rings. The van der Waals surface area contributed by atoms with Crippen molar-refractivity contribution in [2.24, 2.45) is 0 Å². The topological polar surface area (TPSA) is 50.3 Å². The predicted molar refractivity (Wildman–Crippen MR) is 86.6 cm³/mol. The summed E-state index contributed by atoms with van der Waals surface area (Å²) in [6, 6.07) is 7.92. The highest BCUT2D eigenvalue weighted by atomic mass is 16.5. The number of hydrogen-bond acceptors (Lipinski definition) is 5. The first kappa shape index (κ1) is 15.1. The zero-order chi connectivity index (χ0) is 15.2. The number of anilines is 3. The zero-order valence-electron chi connectivity index (χ0n) is 13.1. The van der Waals surface area contributed by atoms with Crippen LogP contribution >= 0.6 is 0 Å². The van der Waals surface area contributed by atoms with Gasteiger partial charge >= 0.3 is 0 Å². The number of nitrogens with zero attached hydrogens (tertiary/aromatic N) is 3. The van der Waals surface area contributed by atoms with Gasteiger partial charge in [0.2, 0.25) is 5.95 Å². The van der Waals surface area contributed by atoms with Crippen molar-refractivity contribution in [3.8, 4) is 5.75 Å². The number of benzene rings is 1. The molecule has 0 amide bonds. The third kappa shape index (κ3) is 3.62. The van der Waals surface area contributed by atoms with Gasteiger partial charge in [-0.1, -0.05) is 13.0 Å². The Labute approximate surface area is 126 Å². The lowest BCUT2D eigenvalue weighted by Crippen LogP contribution is -2.15. The molecular weight excluding hydrogens is 264 g/mol. The van der Waals surface area contributed by atoms with Gasteiger partial charge in [0.1, 0.15) is 11.6 Å². The van der Waals surface area contributed by atoms with Crippen molar-refractivity contribution in [3.05, 3.63) is 36.0 Å². The van der Waals surface area contributed by atoms with Gasteiger partial charge < -0.3 is 15.0 Å². The van der Waals surface area contributed by atoms with Crippen molar-refractivity contribution >= 4 is 17.5 Å². The van der Waals surface area contributed by atoms with Crippen LogP contribution in [0.15, 0.2) is 30.5 Å². The van der Waals surface area contributed by atoms with Gasteiger partial charge in [0.15, 0.2) is 0 Å². The van der Waals surface area contributed by atoms with Crippen molar-refractivity contribution in [2.75, 3.05) is 30.9 Å². The maximum Gasteiger partial charge on any atom is 0.224 e. The third-order valence-electron chi connectivity index (χ3n) is 3.24. The van der Waals surface area contributed by atoms with E-state index in [4.69, 9.17) is 4.74 Å². The molecule has 0 unspecified atom stereocenters. The standard InChI is InChI=1S/C16H22N4O/c1-5-9-17-16-18-11-12(2)15(19-16)20(3)13-7-6-8-14(10-13)21-4/h6-8,10-11H,5,9H2,1-4H3,(H,17,18,19). The lowest BCUT2D eigenvalue weighted by Gasteiger charge is -2.21. The van der Waals surface area contributed by atoms with E-state index in [-0.39, 0.29) is 0 Å². The quantitative estimate of drug-likeness (QED) is 0.882. The van der Waals surface area contributed by atoms with Gasteiger partial charge in [-0.3, -0.25) is 0 Å².